The largest absolute Gasteiger partial charge is 0.435 e. The zero-order valence-corrected chi connectivity index (χ0v) is 30.6. The average molecular weight is 717 g/mol. The van der Waals surface area contributed by atoms with Crippen molar-refractivity contribution < 1.29 is 4.42 Å². The van der Waals surface area contributed by atoms with E-state index in [9.17, 15) is 0 Å². The fourth-order valence-corrected chi connectivity index (χ4v) is 7.56. The van der Waals surface area contributed by atoms with E-state index >= 15 is 0 Å². The van der Waals surface area contributed by atoms with Crippen LogP contribution in [0.2, 0.25) is 0 Å². The third-order valence-corrected chi connectivity index (χ3v) is 10.5. The van der Waals surface area contributed by atoms with Gasteiger partial charge in [-0.15, -0.1) is 0 Å². The molecule has 264 valence electrons. The molecule has 0 radical (unpaired) electrons. The van der Waals surface area contributed by atoms with Crippen molar-refractivity contribution in [3.8, 4) is 56.0 Å². The molecule has 0 aliphatic rings. The number of hydrogen-bond acceptors (Lipinski definition) is 3. The van der Waals surface area contributed by atoms with Gasteiger partial charge < -0.3 is 9.32 Å². The van der Waals surface area contributed by atoms with Gasteiger partial charge in [-0.2, -0.15) is 0 Å². The van der Waals surface area contributed by atoms with Crippen molar-refractivity contribution in [2.24, 2.45) is 0 Å². The second kappa shape index (κ2) is 14.4. The third-order valence-electron chi connectivity index (χ3n) is 10.5. The number of hydrogen-bond donors (Lipinski definition) is 0. The minimum atomic E-state index is 0.638. The smallest absolute Gasteiger partial charge is 0.227 e. The Bertz CT molecular complexity index is 2820. The quantitative estimate of drug-likeness (QED) is 0.157. The monoisotopic (exact) mass is 716 g/mol. The fourth-order valence-electron chi connectivity index (χ4n) is 7.56. The Morgan fingerprint density at radius 2 is 0.679 bits per heavy atom. The topological polar surface area (TPSA) is 29.3 Å². The SMILES string of the molecule is c1ccc(-c2ccc(N(c3ccc(-c4ccccc4)cc3)c3ccc(-c4ccc(-c5ccc6ccc7nc(-c8ccccc8)oc7c6c5)cc4)cc3)cc2)cc1. The highest BCUT2D eigenvalue weighted by atomic mass is 16.3. The second-order valence-electron chi connectivity index (χ2n) is 14.0. The molecule has 9 aromatic carbocycles. The van der Waals surface area contributed by atoms with Crippen LogP contribution in [-0.4, -0.2) is 4.98 Å². The van der Waals surface area contributed by atoms with Crippen molar-refractivity contribution in [1.29, 1.82) is 0 Å². The van der Waals surface area contributed by atoms with Gasteiger partial charge in [-0.3, -0.25) is 0 Å². The van der Waals surface area contributed by atoms with Crippen LogP contribution in [-0.2, 0) is 0 Å². The van der Waals surface area contributed by atoms with E-state index in [1.54, 1.807) is 0 Å². The average Bonchev–Trinajstić information content (AvgIpc) is 3.74. The van der Waals surface area contributed by atoms with Crippen molar-refractivity contribution in [3.63, 3.8) is 0 Å². The summed E-state index contributed by atoms with van der Waals surface area (Å²) in [5.41, 5.74) is 15.4. The Balaban J connectivity index is 0.947. The van der Waals surface area contributed by atoms with Gasteiger partial charge in [0.25, 0.3) is 0 Å². The Labute approximate surface area is 326 Å². The Morgan fingerprint density at radius 1 is 0.321 bits per heavy atom. The van der Waals surface area contributed by atoms with Crippen LogP contribution in [0.5, 0.6) is 0 Å². The zero-order valence-electron chi connectivity index (χ0n) is 30.6. The van der Waals surface area contributed by atoms with E-state index in [0.29, 0.717) is 5.89 Å². The van der Waals surface area contributed by atoms with E-state index < -0.39 is 0 Å². The summed E-state index contributed by atoms with van der Waals surface area (Å²) >= 11 is 0. The molecule has 0 saturated carbocycles. The minimum Gasteiger partial charge on any atom is -0.435 e. The molecule has 3 nitrogen and oxygen atoms in total. The molecule has 0 amide bonds. The summed E-state index contributed by atoms with van der Waals surface area (Å²) in [5, 5.41) is 2.19. The molecule has 3 heteroatoms. The van der Waals surface area contributed by atoms with E-state index in [1.807, 2.05) is 36.4 Å². The number of rotatable bonds is 8. The maximum absolute atomic E-state index is 6.35. The lowest BCUT2D eigenvalue weighted by Crippen LogP contribution is -2.09. The van der Waals surface area contributed by atoms with Gasteiger partial charge in [0, 0.05) is 28.0 Å². The van der Waals surface area contributed by atoms with Gasteiger partial charge in [-0.1, -0.05) is 158 Å². The lowest BCUT2D eigenvalue weighted by molar-refractivity contribution is 0.623. The molecule has 0 aliphatic heterocycles. The van der Waals surface area contributed by atoms with E-state index in [-0.39, 0.29) is 0 Å². The van der Waals surface area contributed by atoms with Crippen LogP contribution in [0.4, 0.5) is 17.1 Å². The van der Waals surface area contributed by atoms with Gasteiger partial charge in [-0.25, -0.2) is 4.98 Å². The highest BCUT2D eigenvalue weighted by Gasteiger charge is 2.15. The van der Waals surface area contributed by atoms with Gasteiger partial charge in [0.2, 0.25) is 5.89 Å². The summed E-state index contributed by atoms with van der Waals surface area (Å²) < 4.78 is 6.35. The highest BCUT2D eigenvalue weighted by molar-refractivity contribution is 6.05. The fraction of sp³-hybridized carbons (Fsp3) is 0. The van der Waals surface area contributed by atoms with Gasteiger partial charge >= 0.3 is 0 Å². The molecule has 0 bridgehead atoms. The van der Waals surface area contributed by atoms with Crippen molar-refractivity contribution in [2.45, 2.75) is 0 Å². The van der Waals surface area contributed by atoms with Crippen molar-refractivity contribution >= 4 is 38.9 Å². The van der Waals surface area contributed by atoms with Crippen LogP contribution in [0, 0.1) is 0 Å². The maximum Gasteiger partial charge on any atom is 0.227 e. The molecule has 0 fully saturated rings. The molecule has 1 aromatic heterocycles. The molecule has 0 atom stereocenters. The Kier molecular flexibility index (Phi) is 8.51. The maximum atomic E-state index is 6.35. The molecular formula is C53H36N2O. The number of oxazole rings is 1. The molecule has 10 rings (SSSR count). The summed E-state index contributed by atoms with van der Waals surface area (Å²) in [6.07, 6.45) is 0. The molecule has 56 heavy (non-hydrogen) atoms. The van der Waals surface area contributed by atoms with Crippen LogP contribution in [0.15, 0.2) is 223 Å². The summed E-state index contributed by atoms with van der Waals surface area (Å²) in [6, 6.07) is 77.2. The lowest BCUT2D eigenvalue weighted by Gasteiger charge is -2.26. The standard InChI is InChI=1S/C53H36N2O/c1-4-10-37(11-5-1)40-22-29-47(30-23-40)55(48-31-24-41(25-32-48)38-12-6-2-7-13-38)49-33-26-42(27-34-49)39-16-18-43(19-17-39)46-21-20-44-28-35-51-52(50(44)36-46)56-53(54-51)45-14-8-3-9-15-45/h1-36H. The predicted octanol–water partition coefficient (Wildman–Crippen LogP) is 14.8. The zero-order chi connectivity index (χ0) is 37.3. The van der Waals surface area contributed by atoms with Crippen molar-refractivity contribution in [3.05, 3.63) is 218 Å². The lowest BCUT2D eigenvalue weighted by atomic mass is 9.98. The van der Waals surface area contributed by atoms with Gasteiger partial charge in [0.15, 0.2) is 5.58 Å². The minimum absolute atomic E-state index is 0.638. The van der Waals surface area contributed by atoms with Crippen LogP contribution in [0.1, 0.15) is 0 Å². The summed E-state index contributed by atoms with van der Waals surface area (Å²) in [5.74, 6) is 0.638. The second-order valence-corrected chi connectivity index (χ2v) is 14.0. The molecule has 0 aliphatic carbocycles. The number of fused-ring (bicyclic) bond motifs is 3. The van der Waals surface area contributed by atoms with E-state index in [0.717, 1.165) is 66.8 Å². The summed E-state index contributed by atoms with van der Waals surface area (Å²) in [6.45, 7) is 0. The van der Waals surface area contributed by atoms with Gasteiger partial charge in [0.1, 0.15) is 5.52 Å². The summed E-state index contributed by atoms with van der Waals surface area (Å²) in [7, 11) is 0. The molecule has 0 spiro atoms. The van der Waals surface area contributed by atoms with E-state index in [4.69, 9.17) is 9.40 Å². The van der Waals surface area contributed by atoms with Gasteiger partial charge in [0.05, 0.1) is 0 Å². The van der Waals surface area contributed by atoms with Crippen molar-refractivity contribution in [2.75, 3.05) is 4.90 Å². The van der Waals surface area contributed by atoms with E-state index in [1.165, 1.54) is 22.3 Å². The highest BCUT2D eigenvalue weighted by Crippen LogP contribution is 2.38. The first kappa shape index (κ1) is 33.1. The van der Waals surface area contributed by atoms with E-state index in [2.05, 4.69) is 187 Å². The Morgan fingerprint density at radius 3 is 1.14 bits per heavy atom. The van der Waals surface area contributed by atoms with Crippen molar-refractivity contribution in [1.82, 2.24) is 4.98 Å². The van der Waals surface area contributed by atoms with Crippen LogP contribution >= 0.6 is 0 Å². The molecule has 0 saturated heterocycles. The molecule has 0 unspecified atom stereocenters. The number of nitrogens with zero attached hydrogens (tertiary/aromatic N) is 2. The third kappa shape index (κ3) is 6.42. The number of aromatic nitrogens is 1. The van der Waals surface area contributed by atoms with Crippen LogP contribution in [0.25, 0.3) is 77.8 Å². The Hall–Kier alpha value is -7.49. The van der Waals surface area contributed by atoms with Crippen LogP contribution in [0.3, 0.4) is 0 Å². The molecule has 1 heterocycles. The number of anilines is 3. The molecular weight excluding hydrogens is 681 g/mol. The first-order chi connectivity index (χ1) is 27.7. The van der Waals surface area contributed by atoms with Crippen LogP contribution < -0.4 is 4.90 Å². The molecule has 10 aromatic rings. The first-order valence-corrected chi connectivity index (χ1v) is 18.9. The number of benzene rings is 9. The first-order valence-electron chi connectivity index (χ1n) is 18.9. The molecule has 0 N–H and O–H groups in total. The predicted molar refractivity (Wildman–Crippen MR) is 233 cm³/mol. The summed E-state index contributed by atoms with van der Waals surface area (Å²) in [4.78, 5) is 7.12. The normalized spacial score (nSPS) is 11.2. The van der Waals surface area contributed by atoms with Gasteiger partial charge in [-0.05, 0) is 111 Å².